The molecular formula is C18H15NO3. The number of carbonyl (C=O) groups excluding carboxylic acids is 1. The first-order chi connectivity index (χ1) is 10.7. The van der Waals surface area contributed by atoms with E-state index in [4.69, 9.17) is 9.47 Å². The molecule has 0 fully saturated rings. The maximum atomic E-state index is 12.5. The first-order valence-corrected chi connectivity index (χ1v) is 7.52. The van der Waals surface area contributed by atoms with Gasteiger partial charge in [-0.05, 0) is 36.2 Å². The van der Waals surface area contributed by atoms with Crippen LogP contribution in [0.4, 0.5) is 0 Å². The van der Waals surface area contributed by atoms with Crippen LogP contribution in [-0.2, 0) is 6.42 Å². The lowest BCUT2D eigenvalue weighted by Gasteiger charge is -2.39. The number of Topliss-reactive ketones (excluding diaryl/α,β-unsaturated/α-hetero) is 1. The molecule has 2 heterocycles. The van der Waals surface area contributed by atoms with E-state index >= 15 is 0 Å². The fourth-order valence-corrected chi connectivity index (χ4v) is 3.95. The third-order valence-electron chi connectivity index (χ3n) is 4.96. The number of fused-ring (bicyclic) bond motifs is 4. The lowest BCUT2D eigenvalue weighted by Crippen LogP contribution is -2.39. The average Bonchev–Trinajstić information content (AvgIpc) is 3.00. The van der Waals surface area contributed by atoms with E-state index in [1.165, 1.54) is 11.1 Å². The maximum Gasteiger partial charge on any atom is 0.231 e. The number of benzene rings is 2. The smallest absolute Gasteiger partial charge is 0.231 e. The minimum Gasteiger partial charge on any atom is -0.454 e. The van der Waals surface area contributed by atoms with Crippen LogP contribution in [0, 0.1) is 0 Å². The molecule has 5 rings (SSSR count). The summed E-state index contributed by atoms with van der Waals surface area (Å²) in [5, 5.41) is 0. The predicted molar refractivity (Wildman–Crippen MR) is 81.4 cm³/mol. The van der Waals surface area contributed by atoms with E-state index in [0.29, 0.717) is 12.3 Å². The normalized spacial score (nSPS) is 21.5. The van der Waals surface area contributed by atoms with E-state index in [1.54, 1.807) is 0 Å². The Hall–Kier alpha value is -2.33. The van der Waals surface area contributed by atoms with Gasteiger partial charge in [0.05, 0.1) is 6.54 Å². The summed E-state index contributed by atoms with van der Waals surface area (Å²) >= 11 is 0. The van der Waals surface area contributed by atoms with Gasteiger partial charge in [-0.15, -0.1) is 0 Å². The topological polar surface area (TPSA) is 38.8 Å². The first kappa shape index (κ1) is 12.2. The van der Waals surface area contributed by atoms with Crippen LogP contribution in [0.3, 0.4) is 0 Å². The fourth-order valence-electron chi connectivity index (χ4n) is 3.95. The molecule has 3 aliphatic rings. The van der Waals surface area contributed by atoms with E-state index in [9.17, 15) is 4.79 Å². The molecular weight excluding hydrogens is 278 g/mol. The van der Waals surface area contributed by atoms with E-state index in [1.807, 2.05) is 19.2 Å². The summed E-state index contributed by atoms with van der Waals surface area (Å²) in [5.74, 6) is 1.65. The SMILES string of the molecule is CN1CC(=O)c2cc3c(c4c2C1Cc1ccccc1-4)OCO3. The summed E-state index contributed by atoms with van der Waals surface area (Å²) in [7, 11) is 2.02. The van der Waals surface area contributed by atoms with Gasteiger partial charge in [-0.3, -0.25) is 9.69 Å². The summed E-state index contributed by atoms with van der Waals surface area (Å²) in [6.07, 6.45) is 0.930. The molecule has 1 unspecified atom stereocenters. The molecule has 1 atom stereocenters. The van der Waals surface area contributed by atoms with E-state index in [0.717, 1.165) is 28.9 Å². The van der Waals surface area contributed by atoms with Gasteiger partial charge >= 0.3 is 0 Å². The van der Waals surface area contributed by atoms with Crippen LogP contribution >= 0.6 is 0 Å². The molecule has 2 aromatic carbocycles. The van der Waals surface area contributed by atoms with Crippen LogP contribution in [0.5, 0.6) is 11.5 Å². The number of ether oxygens (including phenoxy) is 2. The van der Waals surface area contributed by atoms with Gasteiger partial charge in [-0.2, -0.15) is 0 Å². The average molecular weight is 293 g/mol. The van der Waals surface area contributed by atoms with Gasteiger partial charge in [-0.25, -0.2) is 0 Å². The molecule has 0 aromatic heterocycles. The molecule has 0 amide bonds. The zero-order chi connectivity index (χ0) is 14.8. The van der Waals surface area contributed by atoms with Gasteiger partial charge < -0.3 is 9.47 Å². The van der Waals surface area contributed by atoms with Crippen LogP contribution in [0.15, 0.2) is 30.3 Å². The summed E-state index contributed by atoms with van der Waals surface area (Å²) in [6.45, 7) is 0.682. The minimum atomic E-state index is 0.160. The molecule has 0 N–H and O–H groups in total. The van der Waals surface area contributed by atoms with E-state index < -0.39 is 0 Å². The fraction of sp³-hybridized carbons (Fsp3) is 0.278. The zero-order valence-corrected chi connectivity index (χ0v) is 12.3. The van der Waals surface area contributed by atoms with Crippen molar-refractivity contribution < 1.29 is 14.3 Å². The van der Waals surface area contributed by atoms with Crippen molar-refractivity contribution in [3.63, 3.8) is 0 Å². The second-order valence-corrected chi connectivity index (χ2v) is 6.16. The van der Waals surface area contributed by atoms with Crippen molar-refractivity contribution in [3.05, 3.63) is 47.0 Å². The second-order valence-electron chi connectivity index (χ2n) is 6.16. The Kier molecular flexibility index (Phi) is 2.29. The molecule has 1 aliphatic carbocycles. The van der Waals surface area contributed by atoms with Gasteiger partial charge in [-0.1, -0.05) is 24.3 Å². The number of ketones is 1. The van der Waals surface area contributed by atoms with Gasteiger partial charge in [0.2, 0.25) is 6.79 Å². The summed E-state index contributed by atoms with van der Waals surface area (Å²) in [4.78, 5) is 14.7. The van der Waals surface area contributed by atoms with Crippen molar-refractivity contribution in [2.24, 2.45) is 0 Å². The lowest BCUT2D eigenvalue weighted by atomic mass is 9.76. The molecule has 4 heteroatoms. The molecule has 2 aliphatic heterocycles. The van der Waals surface area contributed by atoms with Crippen molar-refractivity contribution in [1.82, 2.24) is 4.90 Å². The molecule has 0 saturated heterocycles. The van der Waals surface area contributed by atoms with Crippen molar-refractivity contribution in [2.75, 3.05) is 20.4 Å². The van der Waals surface area contributed by atoms with Crippen molar-refractivity contribution in [2.45, 2.75) is 12.5 Å². The molecule has 110 valence electrons. The minimum absolute atomic E-state index is 0.160. The van der Waals surface area contributed by atoms with Crippen LogP contribution in [-0.4, -0.2) is 31.1 Å². The Balaban J connectivity index is 1.92. The molecule has 0 saturated carbocycles. The summed E-state index contributed by atoms with van der Waals surface area (Å²) in [5.41, 5.74) is 5.44. The summed E-state index contributed by atoms with van der Waals surface area (Å²) in [6, 6.07) is 10.5. The number of nitrogens with zero attached hydrogens (tertiary/aromatic N) is 1. The highest BCUT2D eigenvalue weighted by Crippen LogP contribution is 2.53. The number of hydrogen-bond acceptors (Lipinski definition) is 4. The molecule has 2 aromatic rings. The molecule has 0 radical (unpaired) electrons. The highest BCUT2D eigenvalue weighted by molar-refractivity contribution is 6.04. The van der Waals surface area contributed by atoms with Crippen LogP contribution in [0.2, 0.25) is 0 Å². The first-order valence-electron chi connectivity index (χ1n) is 7.52. The Bertz CT molecular complexity index is 827. The van der Waals surface area contributed by atoms with Gasteiger partial charge in [0, 0.05) is 17.2 Å². The highest BCUT2D eigenvalue weighted by atomic mass is 16.7. The van der Waals surface area contributed by atoms with E-state index in [-0.39, 0.29) is 18.6 Å². The molecule has 22 heavy (non-hydrogen) atoms. The Labute approximate surface area is 128 Å². The van der Waals surface area contributed by atoms with Crippen molar-refractivity contribution in [1.29, 1.82) is 0 Å². The Morgan fingerprint density at radius 3 is 2.95 bits per heavy atom. The maximum absolute atomic E-state index is 12.5. The second kappa shape index (κ2) is 4.11. The zero-order valence-electron chi connectivity index (χ0n) is 12.3. The Morgan fingerprint density at radius 2 is 2.05 bits per heavy atom. The van der Waals surface area contributed by atoms with Crippen LogP contribution in [0.1, 0.15) is 27.5 Å². The highest BCUT2D eigenvalue weighted by Gasteiger charge is 2.40. The number of carbonyl (C=O) groups is 1. The Morgan fingerprint density at radius 1 is 1.18 bits per heavy atom. The molecule has 4 nitrogen and oxygen atoms in total. The summed E-state index contributed by atoms with van der Waals surface area (Å²) < 4.78 is 11.3. The van der Waals surface area contributed by atoms with Gasteiger partial charge in [0.25, 0.3) is 0 Å². The number of hydrogen-bond donors (Lipinski definition) is 0. The number of rotatable bonds is 0. The predicted octanol–water partition coefficient (Wildman–Crippen LogP) is 2.81. The molecule has 0 bridgehead atoms. The van der Waals surface area contributed by atoms with E-state index in [2.05, 4.69) is 23.1 Å². The standard InChI is InChI=1S/C18H15NO3/c1-19-8-14(20)12-7-15-18(22-9-21-15)17-11-5-3-2-4-10(11)6-13(19)16(12)17/h2-5,7,13H,6,8-9H2,1H3. The van der Waals surface area contributed by atoms with Gasteiger partial charge in [0.15, 0.2) is 17.3 Å². The molecule has 0 spiro atoms. The quantitative estimate of drug-likeness (QED) is 0.748. The van der Waals surface area contributed by atoms with Gasteiger partial charge in [0.1, 0.15) is 0 Å². The van der Waals surface area contributed by atoms with Crippen molar-refractivity contribution >= 4 is 5.78 Å². The number of likely N-dealkylation sites (N-methyl/N-ethyl adjacent to an activating group) is 1. The third-order valence-corrected chi connectivity index (χ3v) is 4.96. The van der Waals surface area contributed by atoms with Crippen LogP contribution in [0.25, 0.3) is 11.1 Å². The lowest BCUT2D eigenvalue weighted by molar-refractivity contribution is 0.0885. The third kappa shape index (κ3) is 1.43. The largest absolute Gasteiger partial charge is 0.454 e. The van der Waals surface area contributed by atoms with Crippen molar-refractivity contribution in [3.8, 4) is 22.6 Å². The van der Waals surface area contributed by atoms with Crippen LogP contribution < -0.4 is 9.47 Å². The monoisotopic (exact) mass is 293 g/mol.